The first-order chi connectivity index (χ1) is 9.40. The van der Waals surface area contributed by atoms with Crippen molar-refractivity contribution in [1.29, 1.82) is 0 Å². The lowest BCUT2D eigenvalue weighted by molar-refractivity contribution is 0.686. The van der Waals surface area contributed by atoms with Crippen LogP contribution in [0.1, 0.15) is 24.0 Å². The van der Waals surface area contributed by atoms with Gasteiger partial charge in [-0.15, -0.1) is 17.0 Å². The highest BCUT2D eigenvalue weighted by Crippen LogP contribution is 2.27. The zero-order valence-corrected chi connectivity index (χ0v) is 13.0. The van der Waals surface area contributed by atoms with E-state index in [4.69, 9.17) is 4.98 Å². The second-order valence-electron chi connectivity index (χ2n) is 5.28. The van der Waals surface area contributed by atoms with Crippen molar-refractivity contribution in [3.05, 3.63) is 59.9 Å². The number of halogens is 1. The molecule has 0 fully saturated rings. The van der Waals surface area contributed by atoms with Crippen LogP contribution < -0.4 is 0 Å². The summed E-state index contributed by atoms with van der Waals surface area (Å²) in [5.74, 6) is 0. The number of hydrogen-bond donors (Lipinski definition) is 0. The highest BCUT2D eigenvalue weighted by atomic mass is 79.9. The van der Waals surface area contributed by atoms with Crippen molar-refractivity contribution in [1.82, 2.24) is 9.38 Å². The summed E-state index contributed by atoms with van der Waals surface area (Å²) in [6.45, 7) is 0. The molecule has 0 amide bonds. The summed E-state index contributed by atoms with van der Waals surface area (Å²) in [6, 6.07) is 12.9. The summed E-state index contributed by atoms with van der Waals surface area (Å²) < 4.78 is 2.08. The zero-order valence-electron chi connectivity index (χ0n) is 11.2. The second-order valence-corrected chi connectivity index (χ2v) is 5.28. The molecule has 0 aliphatic heterocycles. The minimum atomic E-state index is 0. The molecule has 4 rings (SSSR count). The standard InChI is InChI=1S/C17H16N2.BrH/c1-2-6-14-11-15(9-8-13(14)5-1)16-12-19-10-4-3-7-17(19)18-16;/h3-4,7-12H,1-2,5-6H2;1H. The van der Waals surface area contributed by atoms with Crippen LogP contribution in [0.15, 0.2) is 48.8 Å². The Bertz CT molecular complexity index is 713. The van der Waals surface area contributed by atoms with E-state index in [-0.39, 0.29) is 17.0 Å². The largest absolute Gasteiger partial charge is 0.306 e. The molecule has 0 saturated carbocycles. The number of aryl methyl sites for hydroxylation is 2. The number of pyridine rings is 1. The molecule has 2 heterocycles. The van der Waals surface area contributed by atoms with Crippen molar-refractivity contribution in [3.8, 4) is 11.3 Å². The normalized spacial score (nSPS) is 13.8. The second kappa shape index (κ2) is 5.41. The maximum Gasteiger partial charge on any atom is 0.137 e. The van der Waals surface area contributed by atoms with Crippen molar-refractivity contribution < 1.29 is 0 Å². The highest BCUT2D eigenvalue weighted by molar-refractivity contribution is 8.93. The molecule has 102 valence electrons. The van der Waals surface area contributed by atoms with Crippen LogP contribution in [-0.2, 0) is 12.8 Å². The Morgan fingerprint density at radius 3 is 2.65 bits per heavy atom. The number of nitrogens with zero attached hydrogens (tertiary/aromatic N) is 2. The van der Waals surface area contributed by atoms with Gasteiger partial charge in [0.2, 0.25) is 0 Å². The molecular weight excluding hydrogens is 312 g/mol. The van der Waals surface area contributed by atoms with Gasteiger partial charge in [0.25, 0.3) is 0 Å². The fraction of sp³-hybridized carbons (Fsp3) is 0.235. The van der Waals surface area contributed by atoms with Crippen molar-refractivity contribution in [2.24, 2.45) is 0 Å². The van der Waals surface area contributed by atoms with Gasteiger partial charge in [-0.25, -0.2) is 4.98 Å². The molecule has 0 bridgehead atoms. The first kappa shape index (κ1) is 13.4. The lowest BCUT2D eigenvalue weighted by atomic mass is 9.90. The highest BCUT2D eigenvalue weighted by Gasteiger charge is 2.11. The Kier molecular flexibility index (Phi) is 3.62. The van der Waals surface area contributed by atoms with E-state index in [9.17, 15) is 0 Å². The van der Waals surface area contributed by atoms with Crippen LogP contribution in [0.5, 0.6) is 0 Å². The predicted octanol–water partition coefficient (Wildman–Crippen LogP) is 4.46. The SMILES string of the molecule is Br.c1ccn2cc(-c3ccc4c(c3)CCCC4)nc2c1. The van der Waals surface area contributed by atoms with Gasteiger partial charge in [-0.1, -0.05) is 18.2 Å². The first-order valence-electron chi connectivity index (χ1n) is 6.96. The molecular formula is C17H17BrN2. The molecule has 0 N–H and O–H groups in total. The Balaban J connectivity index is 0.00000121. The van der Waals surface area contributed by atoms with Gasteiger partial charge in [0.15, 0.2) is 0 Å². The predicted molar refractivity (Wildman–Crippen MR) is 87.6 cm³/mol. The van der Waals surface area contributed by atoms with Gasteiger partial charge in [-0.2, -0.15) is 0 Å². The summed E-state index contributed by atoms with van der Waals surface area (Å²) in [4.78, 5) is 4.69. The van der Waals surface area contributed by atoms with Gasteiger partial charge in [0.1, 0.15) is 5.65 Å². The van der Waals surface area contributed by atoms with Crippen LogP contribution in [0.25, 0.3) is 16.9 Å². The molecule has 0 spiro atoms. The van der Waals surface area contributed by atoms with Crippen molar-refractivity contribution >= 4 is 22.6 Å². The maximum absolute atomic E-state index is 4.69. The molecule has 0 unspecified atom stereocenters. The zero-order chi connectivity index (χ0) is 12.7. The van der Waals surface area contributed by atoms with Gasteiger partial charge in [-0.3, -0.25) is 0 Å². The Morgan fingerprint density at radius 2 is 1.80 bits per heavy atom. The van der Waals surface area contributed by atoms with E-state index >= 15 is 0 Å². The quantitative estimate of drug-likeness (QED) is 0.644. The van der Waals surface area contributed by atoms with Crippen LogP contribution in [0.2, 0.25) is 0 Å². The minimum Gasteiger partial charge on any atom is -0.306 e. The number of rotatable bonds is 1. The third-order valence-electron chi connectivity index (χ3n) is 4.01. The minimum absolute atomic E-state index is 0. The van der Waals surface area contributed by atoms with Crippen LogP contribution in [0, 0.1) is 0 Å². The topological polar surface area (TPSA) is 17.3 Å². The lowest BCUT2D eigenvalue weighted by Crippen LogP contribution is -2.02. The van der Waals surface area contributed by atoms with Gasteiger partial charge >= 0.3 is 0 Å². The van der Waals surface area contributed by atoms with E-state index in [0.717, 1.165) is 11.3 Å². The van der Waals surface area contributed by atoms with Gasteiger partial charge in [0.05, 0.1) is 5.69 Å². The molecule has 1 aromatic carbocycles. The number of hydrogen-bond acceptors (Lipinski definition) is 1. The molecule has 3 heteroatoms. The third kappa shape index (κ3) is 2.27. The molecule has 0 atom stereocenters. The Hall–Kier alpha value is -1.61. The summed E-state index contributed by atoms with van der Waals surface area (Å²) in [6.07, 6.45) is 9.27. The summed E-state index contributed by atoms with van der Waals surface area (Å²) >= 11 is 0. The lowest BCUT2D eigenvalue weighted by Gasteiger charge is -2.15. The summed E-state index contributed by atoms with van der Waals surface area (Å²) in [5.41, 5.74) is 6.36. The molecule has 1 aliphatic rings. The van der Waals surface area contributed by atoms with Crippen molar-refractivity contribution in [2.75, 3.05) is 0 Å². The summed E-state index contributed by atoms with van der Waals surface area (Å²) in [7, 11) is 0. The van der Waals surface area contributed by atoms with E-state index in [1.54, 1.807) is 0 Å². The number of imidazole rings is 1. The van der Waals surface area contributed by atoms with E-state index < -0.39 is 0 Å². The smallest absolute Gasteiger partial charge is 0.137 e. The van der Waals surface area contributed by atoms with Crippen LogP contribution in [0.4, 0.5) is 0 Å². The maximum atomic E-state index is 4.69. The van der Waals surface area contributed by atoms with Crippen molar-refractivity contribution in [3.63, 3.8) is 0 Å². The number of fused-ring (bicyclic) bond motifs is 2. The molecule has 1 aliphatic carbocycles. The number of benzene rings is 1. The molecule has 0 radical (unpaired) electrons. The van der Waals surface area contributed by atoms with Crippen molar-refractivity contribution in [2.45, 2.75) is 25.7 Å². The molecule has 3 aromatic rings. The Morgan fingerprint density at radius 1 is 0.950 bits per heavy atom. The average Bonchev–Trinajstić information content (AvgIpc) is 2.90. The van der Waals surface area contributed by atoms with Gasteiger partial charge in [0, 0.05) is 18.0 Å². The fourth-order valence-corrected chi connectivity index (χ4v) is 2.97. The molecule has 0 saturated heterocycles. The monoisotopic (exact) mass is 328 g/mol. The van der Waals surface area contributed by atoms with E-state index in [0.29, 0.717) is 0 Å². The average molecular weight is 329 g/mol. The van der Waals surface area contributed by atoms with E-state index in [2.05, 4.69) is 28.8 Å². The number of aromatic nitrogens is 2. The van der Waals surface area contributed by atoms with Crippen LogP contribution in [0.3, 0.4) is 0 Å². The van der Waals surface area contributed by atoms with Gasteiger partial charge < -0.3 is 4.40 Å². The first-order valence-corrected chi connectivity index (χ1v) is 6.96. The molecule has 20 heavy (non-hydrogen) atoms. The molecule has 2 aromatic heterocycles. The summed E-state index contributed by atoms with van der Waals surface area (Å²) in [5, 5.41) is 0. The third-order valence-corrected chi connectivity index (χ3v) is 4.01. The van der Waals surface area contributed by atoms with Gasteiger partial charge in [-0.05, 0) is 55.0 Å². The Labute approximate surface area is 129 Å². The fourth-order valence-electron chi connectivity index (χ4n) is 2.97. The van der Waals surface area contributed by atoms with Crippen LogP contribution in [-0.4, -0.2) is 9.38 Å². The van der Waals surface area contributed by atoms with Crippen LogP contribution >= 0.6 is 17.0 Å². The van der Waals surface area contributed by atoms with E-state index in [1.807, 2.05) is 24.4 Å². The van der Waals surface area contributed by atoms with E-state index in [1.165, 1.54) is 42.4 Å². The molecule has 2 nitrogen and oxygen atoms in total.